The molecule has 0 heterocycles. The molecule has 0 aliphatic heterocycles. The molecule has 0 rings (SSSR count). The zero-order chi connectivity index (χ0) is 22.4. The minimum Gasteiger partial charge on any atom is -0.296 e. The maximum Gasteiger partial charge on any atom is 0.331 e. The molecule has 0 aromatic heterocycles. The van der Waals surface area contributed by atoms with Crippen molar-refractivity contribution in [1.29, 1.82) is 0 Å². The van der Waals surface area contributed by atoms with Crippen molar-refractivity contribution in [1.82, 2.24) is 0 Å². The Hall–Kier alpha value is -2.62. The van der Waals surface area contributed by atoms with Crippen LogP contribution in [0.3, 0.4) is 0 Å². The van der Waals surface area contributed by atoms with E-state index in [-0.39, 0.29) is 5.92 Å². The van der Waals surface area contributed by atoms with Gasteiger partial charge in [0.05, 0.1) is 25.9 Å². The Morgan fingerprint density at radius 3 is 2.21 bits per heavy atom. The molecular weight excluding hydrogens is 356 g/mol. The maximum absolute atomic E-state index is 4.78. The standard InChI is InChI=1S/C25H39N4/c1-11-15-21(12-2)17-27-20(7)28-25(29(9)10)24(19(5)6)16-22(13-3)23(14-4)18-26-8/h11-12,14-16,18,22H,5,9,13,17H2,1-4,6-8,10H3/q+1/b15-11-,21-12+,23-14+,24-16+,26-18-,27-20-,28-25-. The molecule has 0 aromatic rings. The predicted molar refractivity (Wildman–Crippen MR) is 132 cm³/mol. The summed E-state index contributed by atoms with van der Waals surface area (Å²) in [7, 11) is 3.69. The van der Waals surface area contributed by atoms with E-state index in [0.717, 1.165) is 29.0 Å². The van der Waals surface area contributed by atoms with Crippen molar-refractivity contribution in [3.8, 4) is 0 Å². The first-order chi connectivity index (χ1) is 13.7. The van der Waals surface area contributed by atoms with E-state index in [0.29, 0.717) is 12.4 Å². The third kappa shape index (κ3) is 9.42. The van der Waals surface area contributed by atoms with Gasteiger partial charge in [-0.05, 0) is 55.8 Å². The molecule has 1 atom stereocenters. The Kier molecular flexibility index (Phi) is 13.1. The molecule has 0 N–H and O–H groups in total. The van der Waals surface area contributed by atoms with Crippen molar-refractivity contribution in [3.63, 3.8) is 0 Å². The third-order valence-electron chi connectivity index (χ3n) is 4.42. The largest absolute Gasteiger partial charge is 0.331 e. The summed E-state index contributed by atoms with van der Waals surface area (Å²) in [4.78, 5) is 13.6. The molecule has 0 aliphatic rings. The van der Waals surface area contributed by atoms with Gasteiger partial charge in [-0.25, -0.2) is 9.57 Å². The maximum atomic E-state index is 4.78. The first-order valence-corrected chi connectivity index (χ1v) is 10.1. The molecule has 0 radical (unpaired) electrons. The van der Waals surface area contributed by atoms with Crippen LogP contribution in [0, 0.1) is 5.92 Å². The van der Waals surface area contributed by atoms with Gasteiger partial charge in [-0.1, -0.05) is 43.9 Å². The van der Waals surface area contributed by atoms with Gasteiger partial charge >= 0.3 is 5.84 Å². The highest BCUT2D eigenvalue weighted by Gasteiger charge is 2.21. The summed E-state index contributed by atoms with van der Waals surface area (Å²) >= 11 is 0. The van der Waals surface area contributed by atoms with E-state index < -0.39 is 0 Å². The molecule has 0 spiro atoms. The molecule has 0 fully saturated rings. The number of nitrogens with zero attached hydrogens (tertiary/aromatic N) is 4. The van der Waals surface area contributed by atoms with Gasteiger partial charge < -0.3 is 0 Å². The van der Waals surface area contributed by atoms with Crippen LogP contribution in [0.5, 0.6) is 0 Å². The lowest BCUT2D eigenvalue weighted by molar-refractivity contribution is -0.359. The summed E-state index contributed by atoms with van der Waals surface area (Å²) in [5.74, 6) is 1.69. The van der Waals surface area contributed by atoms with Gasteiger partial charge in [0.1, 0.15) is 0 Å². The molecule has 0 aliphatic carbocycles. The van der Waals surface area contributed by atoms with Crippen LogP contribution in [0.2, 0.25) is 0 Å². The second-order valence-electron chi connectivity index (χ2n) is 6.91. The first-order valence-electron chi connectivity index (χ1n) is 10.1. The Morgan fingerprint density at radius 1 is 1.14 bits per heavy atom. The van der Waals surface area contributed by atoms with E-state index in [9.17, 15) is 0 Å². The van der Waals surface area contributed by atoms with Gasteiger partial charge in [0.2, 0.25) is 5.84 Å². The van der Waals surface area contributed by atoms with Crippen molar-refractivity contribution in [2.24, 2.45) is 20.9 Å². The molecule has 1 unspecified atom stereocenters. The van der Waals surface area contributed by atoms with Crippen molar-refractivity contribution in [2.45, 2.75) is 48.0 Å². The smallest absolute Gasteiger partial charge is 0.296 e. The second-order valence-corrected chi connectivity index (χ2v) is 6.91. The molecule has 4 heteroatoms. The minimum atomic E-state index is 0.224. The molecular formula is C25H39N4+. The Morgan fingerprint density at radius 2 is 1.79 bits per heavy atom. The summed E-state index contributed by atoms with van der Waals surface area (Å²) in [6.07, 6.45) is 13.3. The van der Waals surface area contributed by atoms with Crippen LogP contribution < -0.4 is 0 Å². The fraction of sp³-hybridized carbons (Fsp3) is 0.440. The summed E-state index contributed by atoms with van der Waals surface area (Å²) in [5, 5.41) is 0. The number of aliphatic imine (C=N–C) groups is 3. The van der Waals surface area contributed by atoms with E-state index >= 15 is 0 Å². The fourth-order valence-corrected chi connectivity index (χ4v) is 2.79. The topological polar surface area (TPSA) is 40.1 Å². The highest BCUT2D eigenvalue weighted by Crippen LogP contribution is 2.21. The molecule has 0 amide bonds. The van der Waals surface area contributed by atoms with E-state index in [1.807, 2.05) is 54.0 Å². The van der Waals surface area contributed by atoms with Crippen LogP contribution in [-0.4, -0.2) is 49.8 Å². The van der Waals surface area contributed by atoms with Crippen LogP contribution >= 0.6 is 0 Å². The molecule has 0 saturated heterocycles. The highest BCUT2D eigenvalue weighted by atomic mass is 15.1. The van der Waals surface area contributed by atoms with Crippen molar-refractivity contribution in [3.05, 3.63) is 59.3 Å². The zero-order valence-electron chi connectivity index (χ0n) is 19.7. The summed E-state index contributed by atoms with van der Waals surface area (Å²) in [6.45, 7) is 21.0. The molecule has 0 saturated carbocycles. The lowest BCUT2D eigenvalue weighted by Gasteiger charge is -2.14. The monoisotopic (exact) mass is 395 g/mol. The van der Waals surface area contributed by atoms with E-state index in [2.05, 4.69) is 54.5 Å². The number of likely N-dealkylation sites (N-methyl/N-ethyl adjacent to an activating group) is 1. The van der Waals surface area contributed by atoms with Gasteiger partial charge in [-0.2, -0.15) is 0 Å². The van der Waals surface area contributed by atoms with E-state index in [1.165, 1.54) is 5.57 Å². The SMILES string of the molecule is C=C(C)C(=C\C(CC)C(/C=N\C)=C/C)/C(=N/C(C)=N\CC(/C=C\C)=C/C)[N+](=C)C. The fourth-order valence-electron chi connectivity index (χ4n) is 2.79. The number of hydrogen-bond acceptors (Lipinski definition) is 2. The number of amidine groups is 2. The quantitative estimate of drug-likeness (QED) is 0.203. The van der Waals surface area contributed by atoms with Gasteiger partial charge in [0, 0.05) is 26.1 Å². The van der Waals surface area contributed by atoms with Gasteiger partial charge in [-0.3, -0.25) is 4.99 Å². The summed E-state index contributed by atoms with van der Waals surface area (Å²) in [5.41, 5.74) is 4.25. The van der Waals surface area contributed by atoms with E-state index in [1.54, 1.807) is 11.6 Å². The first kappa shape index (κ1) is 26.4. The lowest BCUT2D eigenvalue weighted by atomic mass is 9.92. The summed E-state index contributed by atoms with van der Waals surface area (Å²) in [6, 6.07) is 0. The van der Waals surface area contributed by atoms with Crippen LogP contribution in [0.1, 0.15) is 48.0 Å². The second kappa shape index (κ2) is 14.4. The minimum absolute atomic E-state index is 0.224. The third-order valence-corrected chi connectivity index (χ3v) is 4.42. The Bertz CT molecular complexity index is 784. The summed E-state index contributed by atoms with van der Waals surface area (Å²) < 4.78 is 1.78. The van der Waals surface area contributed by atoms with E-state index in [4.69, 9.17) is 4.99 Å². The Balaban J connectivity index is 6.21. The number of rotatable bonds is 9. The van der Waals surface area contributed by atoms with Crippen LogP contribution in [0.15, 0.2) is 74.2 Å². The zero-order valence-corrected chi connectivity index (χ0v) is 19.7. The van der Waals surface area contributed by atoms with Gasteiger partial charge in [0.25, 0.3) is 0 Å². The highest BCUT2D eigenvalue weighted by molar-refractivity contribution is 6.04. The van der Waals surface area contributed by atoms with Crippen molar-refractivity contribution < 1.29 is 4.58 Å². The van der Waals surface area contributed by atoms with Gasteiger partial charge in [-0.15, -0.1) is 0 Å². The van der Waals surface area contributed by atoms with Crippen molar-refractivity contribution >= 4 is 24.6 Å². The lowest BCUT2D eigenvalue weighted by Crippen LogP contribution is -2.20. The van der Waals surface area contributed by atoms with Crippen LogP contribution in [-0.2, 0) is 0 Å². The molecule has 0 aromatic carbocycles. The van der Waals surface area contributed by atoms with Crippen molar-refractivity contribution in [2.75, 3.05) is 20.6 Å². The van der Waals surface area contributed by atoms with Crippen LogP contribution in [0.4, 0.5) is 0 Å². The predicted octanol–water partition coefficient (Wildman–Crippen LogP) is 5.84. The average Bonchev–Trinajstić information content (AvgIpc) is 2.68. The number of hydrogen-bond donors (Lipinski definition) is 0. The normalized spacial score (nSPS) is 16.1. The molecule has 29 heavy (non-hydrogen) atoms. The number of allylic oxidation sites excluding steroid dienone is 5. The molecule has 4 nitrogen and oxygen atoms in total. The van der Waals surface area contributed by atoms with Crippen LogP contribution in [0.25, 0.3) is 0 Å². The molecule has 0 bridgehead atoms. The van der Waals surface area contributed by atoms with Gasteiger partial charge in [0.15, 0.2) is 0 Å². The Labute approximate surface area is 178 Å². The molecule has 158 valence electrons. The average molecular weight is 396 g/mol.